The number of hydrogen-bond acceptors (Lipinski definition) is 7. The lowest BCUT2D eigenvalue weighted by molar-refractivity contribution is -0.858. The lowest BCUT2D eigenvalue weighted by atomic mass is 9.94. The summed E-state index contributed by atoms with van der Waals surface area (Å²) in [4.78, 5) is 29.0. The topological polar surface area (TPSA) is 102 Å². The number of ketones is 1. The van der Waals surface area contributed by atoms with Crippen LogP contribution in [0, 0.1) is 5.82 Å². The Morgan fingerprint density at radius 3 is 2.16 bits per heavy atom. The highest BCUT2D eigenvalue weighted by Gasteiger charge is 2.44. The van der Waals surface area contributed by atoms with E-state index in [1.54, 1.807) is 26.0 Å². The van der Waals surface area contributed by atoms with Crippen molar-refractivity contribution in [1.82, 2.24) is 4.90 Å². The number of quaternary nitrogens is 1. The van der Waals surface area contributed by atoms with Gasteiger partial charge in [-0.1, -0.05) is 11.8 Å². The molecule has 0 radical (unpaired) electrons. The van der Waals surface area contributed by atoms with E-state index in [1.165, 1.54) is 43.3 Å². The molecule has 0 spiro atoms. The molecule has 1 saturated heterocycles. The molecule has 10 heteroatoms. The first-order valence-corrected chi connectivity index (χ1v) is 12.4. The van der Waals surface area contributed by atoms with E-state index in [9.17, 15) is 19.1 Å². The average molecular weight is 531 g/mol. The number of nitrogens with one attached hydrogen (secondary N) is 1. The fraction of sp³-hybridized carbons (Fsp3) is 0.429. The predicted molar refractivity (Wildman–Crippen MR) is 137 cm³/mol. The van der Waals surface area contributed by atoms with Crippen molar-refractivity contribution in [2.24, 2.45) is 0 Å². The number of amides is 1. The number of Topliss-reactive ketones (excluding diaryl/α,β-unsaturated/α-hetero) is 1. The fourth-order valence-electron chi connectivity index (χ4n) is 4.46. The second-order valence-corrected chi connectivity index (χ2v) is 9.55. The standard InChI is InChI=1S/C28H35FN2O7/c1-16(2)38-20-10-9-17(13-19(20)29)25(32)23-24(31(28(34)26(23)33)12-8-11-30(3)4)18-14-21(35-5)27(37-7)22(15-18)36-6/h9-10,13-16,24,32H,8,11-12H2,1-7H3. The van der Waals surface area contributed by atoms with Crippen molar-refractivity contribution in [2.75, 3.05) is 48.5 Å². The Labute approximate surface area is 222 Å². The monoisotopic (exact) mass is 530 g/mol. The summed E-state index contributed by atoms with van der Waals surface area (Å²) in [6, 6.07) is 5.94. The van der Waals surface area contributed by atoms with Crippen LogP contribution in [-0.2, 0) is 9.59 Å². The molecule has 1 amide bonds. The van der Waals surface area contributed by atoms with Crippen LogP contribution in [-0.4, -0.2) is 71.2 Å². The summed E-state index contributed by atoms with van der Waals surface area (Å²) in [5, 5.41) is 13.7. The Morgan fingerprint density at radius 2 is 1.66 bits per heavy atom. The van der Waals surface area contributed by atoms with Gasteiger partial charge in [0.2, 0.25) is 11.5 Å². The van der Waals surface area contributed by atoms with E-state index in [-0.39, 0.29) is 29.5 Å². The van der Waals surface area contributed by atoms with E-state index in [2.05, 4.69) is 0 Å². The third kappa shape index (κ3) is 5.85. The van der Waals surface area contributed by atoms with Crippen molar-refractivity contribution in [1.29, 1.82) is 0 Å². The van der Waals surface area contributed by atoms with Gasteiger partial charge in [-0.3, -0.25) is 9.59 Å². The zero-order valence-electron chi connectivity index (χ0n) is 22.8. The summed E-state index contributed by atoms with van der Waals surface area (Å²) in [6.07, 6.45) is 0.330. The number of carbonyl (C=O) groups is 2. The quantitative estimate of drug-likeness (QED) is 0.266. The number of likely N-dealkylation sites (tertiary alicyclic amines) is 1. The van der Waals surface area contributed by atoms with Crippen LogP contribution >= 0.6 is 0 Å². The first-order valence-electron chi connectivity index (χ1n) is 12.4. The normalized spacial score (nSPS) is 16.9. The van der Waals surface area contributed by atoms with E-state index in [4.69, 9.17) is 18.9 Å². The van der Waals surface area contributed by atoms with Crippen LogP contribution in [0.1, 0.15) is 37.4 Å². The average Bonchev–Trinajstić information content (AvgIpc) is 3.13. The first kappa shape index (κ1) is 28.8. The smallest absolute Gasteiger partial charge is 0.295 e. The fourth-order valence-corrected chi connectivity index (χ4v) is 4.46. The molecule has 1 aliphatic rings. The van der Waals surface area contributed by atoms with E-state index < -0.39 is 29.3 Å². The molecule has 206 valence electrons. The Kier molecular flexibility index (Phi) is 9.22. The van der Waals surface area contributed by atoms with E-state index >= 15 is 0 Å². The highest BCUT2D eigenvalue weighted by molar-refractivity contribution is 6.46. The molecule has 1 aliphatic heterocycles. The van der Waals surface area contributed by atoms with Crippen molar-refractivity contribution in [3.05, 3.63) is 52.8 Å². The summed E-state index contributed by atoms with van der Waals surface area (Å²) < 4.78 is 36.5. The Hall–Kier alpha value is -3.79. The van der Waals surface area contributed by atoms with E-state index in [0.29, 0.717) is 29.2 Å². The largest absolute Gasteiger partial charge is 0.872 e. The van der Waals surface area contributed by atoms with Gasteiger partial charge in [0, 0.05) is 18.5 Å². The Bertz CT molecular complexity index is 1200. The maximum Gasteiger partial charge on any atom is 0.295 e. The van der Waals surface area contributed by atoms with Crippen molar-refractivity contribution in [2.45, 2.75) is 32.4 Å². The molecule has 3 rings (SSSR count). The number of rotatable bonds is 11. The molecule has 0 saturated carbocycles. The van der Waals surface area contributed by atoms with Gasteiger partial charge < -0.3 is 33.9 Å². The van der Waals surface area contributed by atoms with Gasteiger partial charge in [0.05, 0.1) is 54.1 Å². The highest BCUT2D eigenvalue weighted by atomic mass is 19.1. The summed E-state index contributed by atoms with van der Waals surface area (Å²) in [6.45, 7) is 4.49. The zero-order valence-corrected chi connectivity index (χ0v) is 22.8. The van der Waals surface area contributed by atoms with Crippen LogP contribution in [0.5, 0.6) is 23.0 Å². The van der Waals surface area contributed by atoms with E-state index in [0.717, 1.165) is 12.6 Å². The number of carbonyl (C=O) groups excluding carboxylic acids is 2. The molecule has 2 aromatic carbocycles. The van der Waals surface area contributed by atoms with Gasteiger partial charge in [-0.15, -0.1) is 0 Å². The molecule has 1 fully saturated rings. The number of hydrogen-bond donors (Lipinski definition) is 1. The zero-order chi connectivity index (χ0) is 28.1. The number of ether oxygens (including phenoxy) is 4. The van der Waals surface area contributed by atoms with Gasteiger partial charge in [0.15, 0.2) is 23.1 Å². The third-order valence-electron chi connectivity index (χ3n) is 6.16. The van der Waals surface area contributed by atoms with Crippen molar-refractivity contribution in [3.63, 3.8) is 0 Å². The molecule has 1 N–H and O–H groups in total. The number of benzene rings is 2. The maximum atomic E-state index is 14.8. The summed E-state index contributed by atoms with van der Waals surface area (Å²) in [7, 11) is 8.32. The van der Waals surface area contributed by atoms with Gasteiger partial charge in [-0.2, -0.15) is 0 Å². The summed E-state index contributed by atoms with van der Waals surface area (Å²) >= 11 is 0. The van der Waals surface area contributed by atoms with Crippen LogP contribution in [0.25, 0.3) is 5.76 Å². The van der Waals surface area contributed by atoms with Crippen molar-refractivity contribution in [3.8, 4) is 23.0 Å². The van der Waals surface area contributed by atoms with E-state index in [1.807, 2.05) is 14.1 Å². The van der Waals surface area contributed by atoms with Gasteiger partial charge >= 0.3 is 0 Å². The third-order valence-corrected chi connectivity index (χ3v) is 6.16. The molecular formula is C28H35FN2O7. The molecular weight excluding hydrogens is 495 g/mol. The second-order valence-electron chi connectivity index (χ2n) is 9.55. The summed E-state index contributed by atoms with van der Waals surface area (Å²) in [5.74, 6) is -2.26. The van der Waals surface area contributed by atoms with Gasteiger partial charge in [0.25, 0.3) is 5.91 Å². The predicted octanol–water partition coefficient (Wildman–Crippen LogP) is 1.40. The molecule has 0 bridgehead atoms. The van der Waals surface area contributed by atoms with Crippen LogP contribution < -0.4 is 29.0 Å². The maximum absolute atomic E-state index is 14.8. The van der Waals surface area contributed by atoms with Crippen molar-refractivity contribution >= 4 is 17.4 Å². The van der Waals surface area contributed by atoms with Gasteiger partial charge in [0.1, 0.15) is 0 Å². The van der Waals surface area contributed by atoms with Crippen LogP contribution in [0.15, 0.2) is 35.9 Å². The molecule has 1 unspecified atom stereocenters. The number of nitrogens with zero attached hydrogens (tertiary/aromatic N) is 1. The molecule has 9 nitrogen and oxygen atoms in total. The number of halogens is 1. The second kappa shape index (κ2) is 12.2. The summed E-state index contributed by atoms with van der Waals surface area (Å²) in [5.41, 5.74) is 0.102. The minimum atomic E-state index is -1.02. The molecule has 2 aromatic rings. The van der Waals surface area contributed by atoms with Crippen molar-refractivity contribution < 1.29 is 42.9 Å². The number of methoxy groups -OCH3 is 3. The Morgan fingerprint density at radius 1 is 1.03 bits per heavy atom. The van der Waals surface area contributed by atoms with Gasteiger partial charge in [-0.05, 0) is 49.2 Å². The van der Waals surface area contributed by atoms with Crippen LogP contribution in [0.4, 0.5) is 4.39 Å². The molecule has 1 atom stereocenters. The molecule has 0 aliphatic carbocycles. The molecule has 38 heavy (non-hydrogen) atoms. The van der Waals surface area contributed by atoms with Gasteiger partial charge in [-0.25, -0.2) is 4.39 Å². The lowest BCUT2D eigenvalue weighted by Gasteiger charge is -2.28. The molecule has 0 aromatic heterocycles. The molecule has 1 heterocycles. The first-order chi connectivity index (χ1) is 18.0. The van der Waals surface area contributed by atoms with Crippen LogP contribution in [0.2, 0.25) is 0 Å². The lowest BCUT2D eigenvalue weighted by Crippen LogP contribution is -3.05. The minimum Gasteiger partial charge on any atom is -0.872 e. The minimum absolute atomic E-state index is 0.00985. The van der Waals surface area contributed by atoms with Crippen LogP contribution in [0.3, 0.4) is 0 Å². The SMILES string of the molecule is COc1cc(C2C(=C([O-])c3ccc(OC(C)C)c(F)c3)C(=O)C(=O)N2CCC[NH+](C)C)cc(OC)c1OC. The Balaban J connectivity index is 2.20. The highest BCUT2D eigenvalue weighted by Crippen LogP contribution is 2.45.